The van der Waals surface area contributed by atoms with Crippen LogP contribution in [-0.2, 0) is 9.59 Å². The molecule has 0 saturated heterocycles. The zero-order chi connectivity index (χ0) is 8.65. The average molecular weight is 164 g/mol. The van der Waals surface area contributed by atoms with Crippen LogP contribution in [0.4, 0.5) is 8.78 Å². The lowest BCUT2D eigenvalue weighted by Gasteiger charge is -2.07. The predicted octanol–water partition coefficient (Wildman–Crippen LogP) is 0.685. The smallest absolute Gasteiger partial charge is 0.399 e. The Hall–Kier alpha value is -1.00. The summed E-state index contributed by atoms with van der Waals surface area (Å²) in [6.07, 6.45) is 0.781. The Kier molecular flexibility index (Phi) is 1.66. The Labute approximate surface area is 61.0 Å². The molecule has 0 spiro atoms. The zero-order valence-electron chi connectivity index (χ0n) is 5.51. The summed E-state index contributed by atoms with van der Waals surface area (Å²) in [7, 11) is 0. The molecule has 0 aromatic carbocycles. The number of carboxylic acids is 1. The molecule has 0 bridgehead atoms. The minimum Gasteiger partial charge on any atom is -0.476 e. The Bertz CT molecular complexity index is 208. The first kappa shape index (κ1) is 8.10. The normalized spacial score (nSPS) is 18.0. The molecule has 1 fully saturated rings. The quantitative estimate of drug-likeness (QED) is 0.624. The molecule has 0 aromatic rings. The van der Waals surface area contributed by atoms with Crippen LogP contribution < -0.4 is 0 Å². The van der Waals surface area contributed by atoms with Gasteiger partial charge in [0.2, 0.25) is 5.78 Å². The summed E-state index contributed by atoms with van der Waals surface area (Å²) in [4.78, 5) is 20.4. The van der Waals surface area contributed by atoms with Crippen LogP contribution in [0.25, 0.3) is 0 Å². The van der Waals surface area contributed by atoms with E-state index in [4.69, 9.17) is 5.11 Å². The van der Waals surface area contributed by atoms with E-state index < -0.39 is 23.6 Å². The first-order valence-electron chi connectivity index (χ1n) is 3.11. The van der Waals surface area contributed by atoms with Gasteiger partial charge >= 0.3 is 11.9 Å². The van der Waals surface area contributed by atoms with Crippen molar-refractivity contribution in [1.82, 2.24) is 0 Å². The van der Waals surface area contributed by atoms with E-state index in [9.17, 15) is 18.4 Å². The van der Waals surface area contributed by atoms with E-state index in [0.717, 1.165) is 0 Å². The fourth-order valence-corrected chi connectivity index (χ4v) is 0.707. The Balaban J connectivity index is 2.69. The van der Waals surface area contributed by atoms with E-state index in [1.165, 1.54) is 0 Å². The number of carbonyl (C=O) groups is 2. The van der Waals surface area contributed by atoms with E-state index in [1.807, 2.05) is 0 Å². The minimum atomic E-state index is -4.18. The number of halogens is 2. The number of Topliss-reactive ketones (excluding diaryl/α,β-unsaturated/α-hetero) is 1. The summed E-state index contributed by atoms with van der Waals surface area (Å²) in [6.45, 7) is 0. The highest BCUT2D eigenvalue weighted by atomic mass is 19.3. The van der Waals surface area contributed by atoms with Gasteiger partial charge in [-0.2, -0.15) is 8.78 Å². The highest BCUT2D eigenvalue weighted by Gasteiger charge is 2.53. The topological polar surface area (TPSA) is 54.4 Å². The van der Waals surface area contributed by atoms with Crippen LogP contribution in [0.5, 0.6) is 0 Å². The van der Waals surface area contributed by atoms with Crippen molar-refractivity contribution < 1.29 is 23.5 Å². The first-order chi connectivity index (χ1) is 4.96. The molecule has 62 valence electrons. The van der Waals surface area contributed by atoms with E-state index in [1.54, 1.807) is 0 Å². The molecule has 1 saturated carbocycles. The molecule has 0 amide bonds. The Morgan fingerprint density at radius 1 is 1.36 bits per heavy atom. The number of aliphatic carboxylic acids is 1. The van der Waals surface area contributed by atoms with Gasteiger partial charge in [0, 0.05) is 5.92 Å². The molecule has 0 radical (unpaired) electrons. The molecule has 11 heavy (non-hydrogen) atoms. The summed E-state index contributed by atoms with van der Waals surface area (Å²) in [6, 6.07) is 0. The third-order valence-corrected chi connectivity index (χ3v) is 1.53. The second-order valence-corrected chi connectivity index (χ2v) is 2.52. The number of carbonyl (C=O) groups excluding carboxylic acids is 1. The first-order valence-corrected chi connectivity index (χ1v) is 3.11. The molecule has 0 atom stereocenters. The maximum absolute atomic E-state index is 12.3. The molecule has 0 aliphatic heterocycles. The highest BCUT2D eigenvalue weighted by Crippen LogP contribution is 2.35. The zero-order valence-corrected chi connectivity index (χ0v) is 5.51. The average Bonchev–Trinajstić information content (AvgIpc) is 2.66. The largest absolute Gasteiger partial charge is 0.476 e. The molecule has 5 heteroatoms. The SMILES string of the molecule is O=C(O)C(F)(F)C(=O)C1CC1. The monoisotopic (exact) mass is 164 g/mol. The van der Waals surface area contributed by atoms with Crippen LogP contribution in [-0.4, -0.2) is 22.8 Å². The third-order valence-electron chi connectivity index (χ3n) is 1.53. The van der Waals surface area contributed by atoms with E-state index in [-0.39, 0.29) is 0 Å². The van der Waals surface area contributed by atoms with Gasteiger partial charge in [-0.15, -0.1) is 0 Å². The van der Waals surface area contributed by atoms with Crippen molar-refractivity contribution in [2.45, 2.75) is 18.8 Å². The van der Waals surface area contributed by atoms with Gasteiger partial charge in [-0.1, -0.05) is 0 Å². The van der Waals surface area contributed by atoms with Crippen molar-refractivity contribution in [2.24, 2.45) is 5.92 Å². The van der Waals surface area contributed by atoms with Crippen LogP contribution in [0.1, 0.15) is 12.8 Å². The molecule has 0 heterocycles. The van der Waals surface area contributed by atoms with E-state index in [2.05, 4.69) is 0 Å². The molecule has 0 aromatic heterocycles. The second-order valence-electron chi connectivity index (χ2n) is 2.52. The van der Waals surface area contributed by atoms with E-state index in [0.29, 0.717) is 12.8 Å². The maximum Gasteiger partial charge on any atom is 0.399 e. The van der Waals surface area contributed by atoms with Gasteiger partial charge in [0.25, 0.3) is 0 Å². The van der Waals surface area contributed by atoms with Crippen molar-refractivity contribution >= 4 is 11.8 Å². The minimum absolute atomic E-state index is 0.391. The van der Waals surface area contributed by atoms with Gasteiger partial charge in [-0.3, -0.25) is 4.79 Å². The van der Waals surface area contributed by atoms with Gasteiger partial charge < -0.3 is 5.11 Å². The summed E-state index contributed by atoms with van der Waals surface area (Å²) in [5, 5.41) is 7.92. The summed E-state index contributed by atoms with van der Waals surface area (Å²) in [5.41, 5.74) is 0. The molecule has 1 aliphatic rings. The van der Waals surface area contributed by atoms with Crippen molar-refractivity contribution in [3.8, 4) is 0 Å². The van der Waals surface area contributed by atoms with Gasteiger partial charge in [-0.05, 0) is 12.8 Å². The number of alkyl halides is 2. The summed E-state index contributed by atoms with van der Waals surface area (Å²) in [5.74, 6) is -8.71. The number of carboxylic acid groups (broad SMARTS) is 1. The summed E-state index contributed by atoms with van der Waals surface area (Å²) >= 11 is 0. The Morgan fingerprint density at radius 2 is 1.82 bits per heavy atom. The van der Waals surface area contributed by atoms with Gasteiger partial charge in [0.1, 0.15) is 0 Å². The van der Waals surface area contributed by atoms with Crippen molar-refractivity contribution in [2.75, 3.05) is 0 Å². The lowest BCUT2D eigenvalue weighted by molar-refractivity contribution is -0.172. The highest BCUT2D eigenvalue weighted by molar-refractivity contribution is 6.06. The van der Waals surface area contributed by atoms with Crippen molar-refractivity contribution in [3.63, 3.8) is 0 Å². The molecule has 1 N–H and O–H groups in total. The second kappa shape index (κ2) is 2.25. The fourth-order valence-electron chi connectivity index (χ4n) is 0.707. The molecular formula is C6H6F2O3. The third kappa shape index (κ3) is 1.36. The van der Waals surface area contributed by atoms with Gasteiger partial charge in [0.15, 0.2) is 0 Å². The maximum atomic E-state index is 12.3. The lowest BCUT2D eigenvalue weighted by atomic mass is 10.1. The van der Waals surface area contributed by atoms with Crippen LogP contribution in [0.2, 0.25) is 0 Å². The number of rotatable bonds is 3. The molecule has 3 nitrogen and oxygen atoms in total. The Morgan fingerprint density at radius 3 is 2.09 bits per heavy atom. The van der Waals surface area contributed by atoms with Crippen LogP contribution in [0.15, 0.2) is 0 Å². The molecule has 1 rings (SSSR count). The standard InChI is InChI=1S/C6H6F2O3/c7-6(8,5(10)11)4(9)3-1-2-3/h3H,1-2H2,(H,10,11). The predicted molar refractivity (Wildman–Crippen MR) is 30.3 cm³/mol. The number of hydrogen-bond donors (Lipinski definition) is 1. The molecular weight excluding hydrogens is 158 g/mol. The van der Waals surface area contributed by atoms with Crippen LogP contribution >= 0.6 is 0 Å². The summed E-state index contributed by atoms with van der Waals surface area (Å²) < 4.78 is 24.6. The van der Waals surface area contributed by atoms with Gasteiger partial charge in [0.05, 0.1) is 0 Å². The van der Waals surface area contributed by atoms with Crippen LogP contribution in [0.3, 0.4) is 0 Å². The van der Waals surface area contributed by atoms with Gasteiger partial charge in [-0.25, -0.2) is 4.79 Å². The molecule has 0 unspecified atom stereocenters. The van der Waals surface area contributed by atoms with Crippen LogP contribution in [0, 0.1) is 5.92 Å². The fraction of sp³-hybridized carbons (Fsp3) is 0.667. The van der Waals surface area contributed by atoms with Crippen molar-refractivity contribution in [1.29, 1.82) is 0 Å². The van der Waals surface area contributed by atoms with E-state index >= 15 is 0 Å². The van der Waals surface area contributed by atoms with Crippen molar-refractivity contribution in [3.05, 3.63) is 0 Å². The number of ketones is 1. The molecule has 1 aliphatic carbocycles. The number of hydrogen-bond acceptors (Lipinski definition) is 2. The lowest BCUT2D eigenvalue weighted by Crippen LogP contribution is -2.38.